The Bertz CT molecular complexity index is 695. The molecule has 0 saturated carbocycles. The Morgan fingerprint density at radius 3 is 2.38 bits per heavy atom. The largest absolute Gasteiger partial charge is 0.491 e. The van der Waals surface area contributed by atoms with E-state index < -0.39 is 6.10 Å². The third kappa shape index (κ3) is 5.07. The minimum atomic E-state index is -0.499. The van der Waals surface area contributed by atoms with Gasteiger partial charge in [-0.15, -0.1) is 0 Å². The standard InChI is InChI=1S/C21H26N2O3/c1-17(24)18-7-9-21(10-8-18)26-16-20(25)15-22-11-13-23(14-12-22)19-5-3-2-4-6-19/h2-10,20,25H,11-16H2,1H3/p+1/t20-/m0/s1. The summed E-state index contributed by atoms with van der Waals surface area (Å²) < 4.78 is 5.65. The molecule has 5 nitrogen and oxygen atoms in total. The summed E-state index contributed by atoms with van der Waals surface area (Å²) in [5, 5.41) is 10.3. The van der Waals surface area contributed by atoms with E-state index in [1.165, 1.54) is 10.6 Å². The second kappa shape index (κ2) is 8.83. The molecule has 2 aromatic rings. The van der Waals surface area contributed by atoms with Crippen LogP contribution >= 0.6 is 0 Å². The minimum absolute atomic E-state index is 0.0369. The van der Waals surface area contributed by atoms with Crippen molar-refractivity contribution in [3.8, 4) is 5.75 Å². The van der Waals surface area contributed by atoms with E-state index in [2.05, 4.69) is 29.2 Å². The smallest absolute Gasteiger partial charge is 0.159 e. The molecular weight excluding hydrogens is 328 g/mol. The van der Waals surface area contributed by atoms with Crippen LogP contribution in [0.2, 0.25) is 0 Å². The molecule has 1 saturated heterocycles. The Morgan fingerprint density at radius 2 is 1.77 bits per heavy atom. The van der Waals surface area contributed by atoms with E-state index in [1.807, 2.05) is 6.07 Å². The average Bonchev–Trinajstić information content (AvgIpc) is 2.68. The van der Waals surface area contributed by atoms with Crippen molar-refractivity contribution in [3.63, 3.8) is 0 Å². The van der Waals surface area contributed by atoms with Gasteiger partial charge < -0.3 is 19.6 Å². The lowest BCUT2D eigenvalue weighted by Crippen LogP contribution is -3.16. The maximum absolute atomic E-state index is 11.3. The van der Waals surface area contributed by atoms with Crippen LogP contribution in [0, 0.1) is 0 Å². The van der Waals surface area contributed by atoms with Gasteiger partial charge in [-0.25, -0.2) is 0 Å². The number of aliphatic hydroxyl groups excluding tert-OH is 1. The van der Waals surface area contributed by atoms with Gasteiger partial charge in [-0.1, -0.05) is 18.2 Å². The molecule has 0 aliphatic carbocycles. The number of piperazine rings is 1. The Morgan fingerprint density at radius 1 is 1.12 bits per heavy atom. The van der Waals surface area contributed by atoms with E-state index in [9.17, 15) is 9.90 Å². The maximum atomic E-state index is 11.3. The number of nitrogens with one attached hydrogen (secondary N) is 1. The number of benzene rings is 2. The van der Waals surface area contributed by atoms with Gasteiger partial charge in [0.25, 0.3) is 0 Å². The fraction of sp³-hybridized carbons (Fsp3) is 0.381. The second-order valence-electron chi connectivity index (χ2n) is 6.82. The van der Waals surface area contributed by atoms with Crippen LogP contribution in [0.4, 0.5) is 5.69 Å². The first kappa shape index (κ1) is 18.4. The monoisotopic (exact) mass is 355 g/mol. The number of aliphatic hydroxyl groups is 1. The fourth-order valence-electron chi connectivity index (χ4n) is 3.29. The number of anilines is 1. The number of hydrogen-bond acceptors (Lipinski definition) is 4. The van der Waals surface area contributed by atoms with Crippen molar-refractivity contribution in [3.05, 3.63) is 60.2 Å². The Kier molecular flexibility index (Phi) is 6.26. The van der Waals surface area contributed by atoms with Gasteiger partial charge in [0.1, 0.15) is 25.0 Å². The highest BCUT2D eigenvalue weighted by Gasteiger charge is 2.22. The number of quaternary nitrogens is 1. The zero-order valence-corrected chi connectivity index (χ0v) is 15.2. The molecule has 1 heterocycles. The zero-order chi connectivity index (χ0) is 18.4. The van der Waals surface area contributed by atoms with Crippen molar-refractivity contribution < 1.29 is 19.5 Å². The van der Waals surface area contributed by atoms with Crippen molar-refractivity contribution in [1.29, 1.82) is 0 Å². The molecule has 5 heteroatoms. The number of ketones is 1. The lowest BCUT2D eigenvalue weighted by atomic mass is 10.1. The lowest BCUT2D eigenvalue weighted by Gasteiger charge is -2.34. The van der Waals surface area contributed by atoms with Gasteiger partial charge in [0, 0.05) is 11.3 Å². The molecule has 0 aromatic heterocycles. The van der Waals surface area contributed by atoms with Crippen LogP contribution in [0.1, 0.15) is 17.3 Å². The molecule has 1 fully saturated rings. The van der Waals surface area contributed by atoms with Crippen LogP contribution < -0.4 is 14.5 Å². The summed E-state index contributed by atoms with van der Waals surface area (Å²) in [5.41, 5.74) is 1.93. The number of rotatable bonds is 7. The van der Waals surface area contributed by atoms with Crippen LogP contribution in [-0.4, -0.2) is 56.3 Å². The molecule has 0 spiro atoms. The number of nitrogens with zero attached hydrogens (tertiary/aromatic N) is 1. The fourth-order valence-corrected chi connectivity index (χ4v) is 3.29. The molecular formula is C21H27N2O3+. The van der Waals surface area contributed by atoms with E-state index in [0.29, 0.717) is 17.9 Å². The van der Waals surface area contributed by atoms with Crippen LogP contribution in [0.15, 0.2) is 54.6 Å². The molecule has 1 aliphatic rings. The van der Waals surface area contributed by atoms with Crippen LogP contribution in [0.3, 0.4) is 0 Å². The molecule has 1 atom stereocenters. The minimum Gasteiger partial charge on any atom is -0.491 e. The first-order valence-electron chi connectivity index (χ1n) is 9.17. The van der Waals surface area contributed by atoms with Gasteiger partial charge in [0.05, 0.1) is 26.2 Å². The van der Waals surface area contributed by atoms with Gasteiger partial charge in [-0.05, 0) is 43.3 Å². The third-order valence-corrected chi connectivity index (χ3v) is 4.82. The second-order valence-corrected chi connectivity index (χ2v) is 6.82. The average molecular weight is 355 g/mol. The first-order chi connectivity index (χ1) is 12.6. The van der Waals surface area contributed by atoms with Crippen LogP contribution in [-0.2, 0) is 0 Å². The molecule has 0 bridgehead atoms. The first-order valence-corrected chi connectivity index (χ1v) is 9.17. The van der Waals surface area contributed by atoms with Crippen LogP contribution in [0.5, 0.6) is 5.75 Å². The predicted octanol–water partition coefficient (Wildman–Crippen LogP) is 1.03. The summed E-state index contributed by atoms with van der Waals surface area (Å²) in [7, 11) is 0. The van der Waals surface area contributed by atoms with E-state index in [-0.39, 0.29) is 12.4 Å². The van der Waals surface area contributed by atoms with Crippen molar-refractivity contribution in [1.82, 2.24) is 0 Å². The van der Waals surface area contributed by atoms with E-state index >= 15 is 0 Å². The number of carbonyl (C=O) groups is 1. The predicted molar refractivity (Wildman–Crippen MR) is 102 cm³/mol. The Balaban J connectivity index is 1.40. The quantitative estimate of drug-likeness (QED) is 0.729. The van der Waals surface area contributed by atoms with E-state index in [1.54, 1.807) is 31.2 Å². The highest BCUT2D eigenvalue weighted by molar-refractivity contribution is 5.94. The number of para-hydroxylation sites is 1. The molecule has 0 radical (unpaired) electrons. The molecule has 2 N–H and O–H groups in total. The van der Waals surface area contributed by atoms with Gasteiger partial charge >= 0.3 is 0 Å². The number of carbonyl (C=O) groups excluding carboxylic acids is 1. The van der Waals surface area contributed by atoms with E-state index in [4.69, 9.17) is 4.74 Å². The van der Waals surface area contributed by atoms with Gasteiger partial charge in [0.15, 0.2) is 5.78 Å². The number of Topliss-reactive ketones (excluding diaryl/α,β-unsaturated/α-hetero) is 1. The molecule has 3 rings (SSSR count). The highest BCUT2D eigenvalue weighted by Crippen LogP contribution is 2.13. The maximum Gasteiger partial charge on any atom is 0.159 e. The van der Waals surface area contributed by atoms with Gasteiger partial charge in [-0.2, -0.15) is 0 Å². The van der Waals surface area contributed by atoms with Crippen molar-refractivity contribution >= 4 is 11.5 Å². The SMILES string of the molecule is CC(=O)c1ccc(OC[C@@H](O)C[NH+]2CCN(c3ccccc3)CC2)cc1. The Labute approximate surface area is 154 Å². The van der Waals surface area contributed by atoms with Gasteiger partial charge in [0.2, 0.25) is 0 Å². The summed E-state index contributed by atoms with van der Waals surface area (Å²) in [6.45, 7) is 6.52. The van der Waals surface area contributed by atoms with Gasteiger partial charge in [-0.3, -0.25) is 4.79 Å². The third-order valence-electron chi connectivity index (χ3n) is 4.82. The zero-order valence-electron chi connectivity index (χ0n) is 15.2. The molecule has 2 aromatic carbocycles. The van der Waals surface area contributed by atoms with Crippen molar-refractivity contribution in [2.75, 3.05) is 44.2 Å². The summed E-state index contributed by atoms with van der Waals surface area (Å²) in [6, 6.07) is 17.5. The molecule has 26 heavy (non-hydrogen) atoms. The Hall–Kier alpha value is -2.37. The van der Waals surface area contributed by atoms with Crippen LogP contribution in [0.25, 0.3) is 0 Å². The number of ether oxygens (including phenoxy) is 1. The topological polar surface area (TPSA) is 54.2 Å². The summed E-state index contributed by atoms with van der Waals surface area (Å²) in [6.07, 6.45) is -0.499. The molecule has 0 amide bonds. The highest BCUT2D eigenvalue weighted by atomic mass is 16.5. The summed E-state index contributed by atoms with van der Waals surface area (Å²) in [5.74, 6) is 0.716. The van der Waals surface area contributed by atoms with E-state index in [0.717, 1.165) is 26.2 Å². The summed E-state index contributed by atoms with van der Waals surface area (Å²) in [4.78, 5) is 15.1. The molecule has 138 valence electrons. The lowest BCUT2D eigenvalue weighted by molar-refractivity contribution is -0.903. The number of hydrogen-bond donors (Lipinski definition) is 2. The normalized spacial score (nSPS) is 16.3. The molecule has 1 aliphatic heterocycles. The van der Waals surface area contributed by atoms with Crippen molar-refractivity contribution in [2.24, 2.45) is 0 Å². The summed E-state index contributed by atoms with van der Waals surface area (Å²) >= 11 is 0. The van der Waals surface area contributed by atoms with Crippen molar-refractivity contribution in [2.45, 2.75) is 13.0 Å². The molecule has 0 unspecified atom stereocenters.